The van der Waals surface area contributed by atoms with Gasteiger partial charge in [-0.1, -0.05) is 48.2 Å². The summed E-state index contributed by atoms with van der Waals surface area (Å²) >= 11 is 1.25. The summed E-state index contributed by atoms with van der Waals surface area (Å²) in [4.78, 5) is 45.8. The van der Waals surface area contributed by atoms with Crippen molar-refractivity contribution in [2.75, 3.05) is 52.7 Å². The fraction of sp³-hybridized carbons (Fsp3) is 0.459. The minimum absolute atomic E-state index is 0.146. The van der Waals surface area contributed by atoms with Gasteiger partial charge in [0.05, 0.1) is 43.4 Å². The van der Waals surface area contributed by atoms with Gasteiger partial charge in [-0.05, 0) is 74.7 Å². The van der Waals surface area contributed by atoms with E-state index in [2.05, 4.69) is 5.32 Å². The van der Waals surface area contributed by atoms with E-state index in [9.17, 15) is 19.5 Å². The number of aliphatic hydroxyl groups is 1. The van der Waals surface area contributed by atoms with Gasteiger partial charge in [-0.2, -0.15) is 0 Å². The Morgan fingerprint density at radius 3 is 2.34 bits per heavy atom. The molecule has 268 valence electrons. The molecule has 0 radical (unpaired) electrons. The highest BCUT2D eigenvalue weighted by Gasteiger charge is 2.33. The number of fused-ring (bicyclic) bond motifs is 2. The Hall–Kier alpha value is -4.17. The number of benzene rings is 3. The highest BCUT2D eigenvalue weighted by atomic mass is 32.2. The molecule has 2 atom stereocenters. The molecule has 50 heavy (non-hydrogen) atoms. The summed E-state index contributed by atoms with van der Waals surface area (Å²) in [5, 5.41) is 15.1. The van der Waals surface area contributed by atoms with E-state index in [0.717, 1.165) is 16.3 Å². The van der Waals surface area contributed by atoms with Gasteiger partial charge < -0.3 is 34.3 Å². The first-order valence-corrected chi connectivity index (χ1v) is 17.8. The van der Waals surface area contributed by atoms with Crippen LogP contribution in [-0.2, 0) is 25.5 Å². The van der Waals surface area contributed by atoms with Crippen molar-refractivity contribution in [2.24, 2.45) is 0 Å². The Bertz CT molecular complexity index is 1830. The highest BCUT2D eigenvalue weighted by Crippen LogP contribution is 2.38. The Kier molecular flexibility index (Phi) is 12.7. The number of alkyl carbamates (subject to hydrolysis) is 1. The van der Waals surface area contributed by atoms with Gasteiger partial charge in [-0.3, -0.25) is 14.2 Å². The minimum Gasteiger partial charge on any atom is -0.491 e. The molecule has 0 aliphatic carbocycles. The molecule has 2 heterocycles. The summed E-state index contributed by atoms with van der Waals surface area (Å²) in [6.45, 7) is 10.5. The van der Waals surface area contributed by atoms with Gasteiger partial charge in [0.25, 0.3) is 5.56 Å². The molecular formula is C37H46N4O8S. The maximum absolute atomic E-state index is 13.9. The lowest BCUT2D eigenvalue weighted by molar-refractivity contribution is -0.130. The molecule has 2 N–H and O–H groups in total. The van der Waals surface area contributed by atoms with Gasteiger partial charge in [0, 0.05) is 26.2 Å². The van der Waals surface area contributed by atoms with Gasteiger partial charge in [0.15, 0.2) is 5.16 Å². The Morgan fingerprint density at radius 2 is 1.68 bits per heavy atom. The number of ether oxygens (including phenoxy) is 4. The van der Waals surface area contributed by atoms with Crippen molar-refractivity contribution in [3.05, 3.63) is 76.6 Å². The maximum atomic E-state index is 13.9. The van der Waals surface area contributed by atoms with Crippen molar-refractivity contribution in [3.8, 4) is 5.75 Å². The molecule has 3 aromatic carbocycles. The van der Waals surface area contributed by atoms with Crippen LogP contribution in [0.15, 0.2) is 70.6 Å². The lowest BCUT2D eigenvalue weighted by atomic mass is 10.1. The number of β-amino-alcohol motifs (C(OH)–C–C–N with tert-alkyl or cyclic N) is 1. The van der Waals surface area contributed by atoms with Crippen LogP contribution >= 0.6 is 11.8 Å². The first-order chi connectivity index (χ1) is 24.0. The number of nitrogens with one attached hydrogen (secondary N) is 1. The second kappa shape index (κ2) is 17.2. The van der Waals surface area contributed by atoms with Crippen molar-refractivity contribution in [1.29, 1.82) is 0 Å². The largest absolute Gasteiger partial charge is 0.491 e. The Labute approximate surface area is 296 Å². The molecule has 1 unspecified atom stereocenters. The van der Waals surface area contributed by atoms with Gasteiger partial charge in [0.1, 0.15) is 23.2 Å². The monoisotopic (exact) mass is 706 g/mol. The van der Waals surface area contributed by atoms with Crippen LogP contribution in [-0.4, -0.2) is 95.9 Å². The number of hydrogen-bond donors (Lipinski definition) is 2. The van der Waals surface area contributed by atoms with Crippen molar-refractivity contribution in [1.82, 2.24) is 19.8 Å². The number of amides is 2. The zero-order chi connectivity index (χ0) is 35.7. The van der Waals surface area contributed by atoms with E-state index in [1.165, 1.54) is 11.8 Å². The third-order valence-electron chi connectivity index (χ3n) is 7.99. The van der Waals surface area contributed by atoms with E-state index in [1.807, 2.05) is 67.6 Å². The maximum Gasteiger partial charge on any atom is 0.407 e. The molecule has 1 aliphatic rings. The van der Waals surface area contributed by atoms with Crippen LogP contribution in [0.25, 0.3) is 21.7 Å². The van der Waals surface area contributed by atoms with Crippen molar-refractivity contribution < 1.29 is 33.6 Å². The molecule has 13 heteroatoms. The van der Waals surface area contributed by atoms with Crippen LogP contribution in [0.1, 0.15) is 44.9 Å². The summed E-state index contributed by atoms with van der Waals surface area (Å²) in [5.41, 5.74) is 0.618. The summed E-state index contributed by atoms with van der Waals surface area (Å²) in [6, 6.07) is 19.0. The molecule has 0 spiro atoms. The van der Waals surface area contributed by atoms with Crippen molar-refractivity contribution in [2.45, 2.75) is 62.8 Å². The van der Waals surface area contributed by atoms with Gasteiger partial charge in [-0.25, -0.2) is 9.78 Å². The van der Waals surface area contributed by atoms with Crippen molar-refractivity contribution >= 4 is 45.4 Å². The van der Waals surface area contributed by atoms with E-state index in [1.54, 1.807) is 30.2 Å². The fourth-order valence-corrected chi connectivity index (χ4v) is 6.79. The smallest absolute Gasteiger partial charge is 0.407 e. The third kappa shape index (κ3) is 9.96. The first-order valence-electron chi connectivity index (χ1n) is 16.9. The summed E-state index contributed by atoms with van der Waals surface area (Å²) in [6.07, 6.45) is -0.513. The van der Waals surface area contributed by atoms with E-state index >= 15 is 0 Å². The second-order valence-electron chi connectivity index (χ2n) is 13.0. The topological polar surface area (TPSA) is 141 Å². The predicted molar refractivity (Wildman–Crippen MR) is 193 cm³/mol. The second-order valence-corrected chi connectivity index (χ2v) is 14.0. The number of aromatic nitrogens is 2. The molecular weight excluding hydrogens is 660 g/mol. The molecule has 1 aliphatic heterocycles. The standard InChI is InChI=1S/C37H46N4O8S/c1-5-41-33(43)30-22-26-8-6-7-9-27(26)23-31(30)39-35(41)50-32(34(44)40-16-14-28(42)24-40)25-10-12-29(13-11-25)48-21-20-47-19-18-46-17-15-38-36(45)49-37(2,3)4/h6-13,22-23,28,32,42H,5,14-21,24H2,1-4H3,(H,38,45)/t28-,32?/m0/s1. The number of carbonyl (C=O) groups excluding carboxylic acids is 2. The first kappa shape index (κ1) is 37.1. The fourth-order valence-electron chi connectivity index (χ4n) is 5.55. The lowest BCUT2D eigenvalue weighted by Crippen LogP contribution is -2.34. The Morgan fingerprint density at radius 1 is 1.00 bits per heavy atom. The number of thioether (sulfide) groups is 1. The molecule has 12 nitrogen and oxygen atoms in total. The summed E-state index contributed by atoms with van der Waals surface area (Å²) < 4.78 is 23.7. The number of nitrogens with zero attached hydrogens (tertiary/aromatic N) is 3. The average Bonchev–Trinajstić information content (AvgIpc) is 3.53. The van der Waals surface area contributed by atoms with E-state index < -0.39 is 23.0 Å². The van der Waals surface area contributed by atoms with E-state index in [4.69, 9.17) is 23.9 Å². The zero-order valence-electron chi connectivity index (χ0n) is 29.1. The highest BCUT2D eigenvalue weighted by molar-refractivity contribution is 8.00. The third-order valence-corrected chi connectivity index (χ3v) is 9.22. The molecule has 5 rings (SSSR count). The van der Waals surface area contributed by atoms with Gasteiger partial charge in [0.2, 0.25) is 5.91 Å². The normalized spacial score (nSPS) is 15.4. The Balaban J connectivity index is 1.19. The molecule has 0 saturated carbocycles. The molecule has 1 fully saturated rings. The lowest BCUT2D eigenvalue weighted by Gasteiger charge is -2.24. The zero-order valence-corrected chi connectivity index (χ0v) is 29.9. The quantitative estimate of drug-likeness (QED) is 0.0757. The van der Waals surface area contributed by atoms with E-state index in [0.29, 0.717) is 80.9 Å². The van der Waals surface area contributed by atoms with Crippen LogP contribution < -0.4 is 15.6 Å². The number of rotatable bonds is 15. The molecule has 2 amide bonds. The number of carbonyl (C=O) groups is 2. The average molecular weight is 707 g/mol. The van der Waals surface area contributed by atoms with E-state index in [-0.39, 0.29) is 18.0 Å². The van der Waals surface area contributed by atoms with Crippen LogP contribution in [0.3, 0.4) is 0 Å². The number of likely N-dealkylation sites (tertiary alicyclic amines) is 1. The van der Waals surface area contributed by atoms with Crippen molar-refractivity contribution in [3.63, 3.8) is 0 Å². The van der Waals surface area contributed by atoms with Crippen LogP contribution in [0, 0.1) is 0 Å². The summed E-state index contributed by atoms with van der Waals surface area (Å²) in [5.74, 6) is 0.475. The molecule has 1 saturated heterocycles. The number of hydrogen-bond acceptors (Lipinski definition) is 10. The molecule has 1 aromatic heterocycles. The predicted octanol–water partition coefficient (Wildman–Crippen LogP) is 4.93. The molecule has 4 aromatic rings. The number of aliphatic hydroxyl groups excluding tert-OH is 1. The molecule has 0 bridgehead atoms. The van der Waals surface area contributed by atoms with Crippen LogP contribution in [0.4, 0.5) is 4.79 Å². The SMILES string of the molecule is CCn1c(SC(C(=O)N2CC[C@H](O)C2)c2ccc(OCCOCCOCCNC(=O)OC(C)(C)C)cc2)nc2cc3ccccc3cc2c1=O. The van der Waals surface area contributed by atoms with Crippen LogP contribution in [0.2, 0.25) is 0 Å². The van der Waals surface area contributed by atoms with Gasteiger partial charge >= 0.3 is 6.09 Å². The summed E-state index contributed by atoms with van der Waals surface area (Å²) in [7, 11) is 0. The minimum atomic E-state index is -0.695. The van der Waals surface area contributed by atoms with Gasteiger partial charge in [-0.15, -0.1) is 0 Å². The van der Waals surface area contributed by atoms with Crippen LogP contribution in [0.5, 0.6) is 5.75 Å².